The van der Waals surface area contributed by atoms with E-state index in [1.54, 1.807) is 0 Å². The maximum Gasteiger partial charge on any atom is 0.573 e. The van der Waals surface area contributed by atoms with Crippen molar-refractivity contribution in [2.45, 2.75) is 19.0 Å². The summed E-state index contributed by atoms with van der Waals surface area (Å²) < 4.78 is 47.5. The number of halogens is 3. The van der Waals surface area contributed by atoms with Crippen LogP contribution in [0.1, 0.15) is 17.4 Å². The number of nitrogens with zero attached hydrogens (tertiary/aromatic N) is 3. The zero-order chi connectivity index (χ0) is 27.6. The van der Waals surface area contributed by atoms with Crippen LogP contribution in [0.25, 0.3) is 16.7 Å². The number of carboxylic acid groups (broad SMARTS) is 1. The van der Waals surface area contributed by atoms with Gasteiger partial charge >= 0.3 is 12.3 Å². The van der Waals surface area contributed by atoms with Crippen LogP contribution in [0, 0.1) is 0 Å². The molecule has 1 aromatic carbocycles. The van der Waals surface area contributed by atoms with E-state index in [1.165, 1.54) is 29.1 Å². The molecule has 1 atom stereocenters. The maximum absolute atomic E-state index is 12.5. The summed E-state index contributed by atoms with van der Waals surface area (Å²) in [7, 11) is 0. The zero-order valence-corrected chi connectivity index (χ0v) is 19.0. The number of amides is 1. The number of pyridine rings is 1. The second-order valence-corrected chi connectivity index (χ2v) is 6.93. The lowest BCUT2D eigenvalue weighted by molar-refractivity contribution is -0.274. The van der Waals surface area contributed by atoms with Crippen LogP contribution in [0.3, 0.4) is 0 Å². The average Bonchev–Trinajstić information content (AvgIpc) is 3.24. The number of fused-ring (bicyclic) bond motifs is 1. The van der Waals surface area contributed by atoms with Gasteiger partial charge in [-0.25, -0.2) is 9.67 Å². The van der Waals surface area contributed by atoms with Crippen LogP contribution in [0.15, 0.2) is 49.2 Å². The summed E-state index contributed by atoms with van der Waals surface area (Å²) in [5, 5.41) is 24.9. The lowest BCUT2D eigenvalue weighted by Crippen LogP contribution is -2.21. The van der Waals surface area contributed by atoms with Gasteiger partial charge in [0.05, 0.1) is 29.9 Å². The lowest BCUT2D eigenvalue weighted by atomic mass is 10.1. The van der Waals surface area contributed by atoms with Crippen molar-refractivity contribution in [3.63, 3.8) is 0 Å². The number of ether oxygens (including phenoxy) is 2. The molecule has 0 aliphatic carbocycles. The van der Waals surface area contributed by atoms with Crippen LogP contribution >= 0.6 is 0 Å². The summed E-state index contributed by atoms with van der Waals surface area (Å²) in [4.78, 5) is 35.7. The number of hydrogen-bond donors (Lipinski definition) is 4. The van der Waals surface area contributed by atoms with E-state index in [9.17, 15) is 27.9 Å². The van der Waals surface area contributed by atoms with Crippen LogP contribution in [0.4, 0.5) is 13.2 Å². The maximum atomic E-state index is 12.5. The Morgan fingerprint density at radius 2 is 1.89 bits per heavy atom. The number of carbonyl (C=O) groups excluding carboxylic acids is 2. The van der Waals surface area contributed by atoms with E-state index in [1.807, 2.05) is 0 Å². The molecule has 3 rings (SSSR count). The Morgan fingerprint density at radius 3 is 2.46 bits per heavy atom. The Hall–Kier alpha value is -4.50. The van der Waals surface area contributed by atoms with Gasteiger partial charge in [0.25, 0.3) is 6.47 Å². The van der Waals surface area contributed by atoms with Crippen molar-refractivity contribution in [2.24, 2.45) is 5.73 Å². The highest BCUT2D eigenvalue weighted by Gasteiger charge is 2.31. The smallest absolute Gasteiger partial charge is 0.483 e. The third kappa shape index (κ3) is 8.01. The van der Waals surface area contributed by atoms with Crippen molar-refractivity contribution >= 4 is 29.4 Å². The van der Waals surface area contributed by atoms with Crippen LogP contribution in [-0.4, -0.2) is 62.8 Å². The normalized spacial score (nSPS) is 11.6. The molecule has 37 heavy (non-hydrogen) atoms. The molecule has 12 nitrogen and oxygen atoms in total. The van der Waals surface area contributed by atoms with Crippen molar-refractivity contribution in [3.8, 4) is 11.4 Å². The highest BCUT2D eigenvalue weighted by molar-refractivity contribution is 5.88. The predicted octanol–water partition coefficient (Wildman–Crippen LogP) is 1.36. The number of aromatic nitrogens is 3. The molecule has 5 N–H and O–H groups in total. The Bertz CT molecular complexity index is 1250. The first-order valence-electron chi connectivity index (χ1n) is 10.3. The van der Waals surface area contributed by atoms with Gasteiger partial charge in [0, 0.05) is 6.20 Å². The molecule has 0 aliphatic heterocycles. The molecule has 0 aliphatic rings. The molecule has 2 aromatic heterocycles. The van der Waals surface area contributed by atoms with Gasteiger partial charge in [0.15, 0.2) is 5.65 Å². The Kier molecular flexibility index (Phi) is 10.1. The van der Waals surface area contributed by atoms with Crippen LogP contribution < -0.4 is 15.8 Å². The number of carbonyl (C=O) groups is 3. The first-order chi connectivity index (χ1) is 17.5. The Balaban J connectivity index is 0.00000153. The summed E-state index contributed by atoms with van der Waals surface area (Å²) in [5.74, 6) is -1.60. The van der Waals surface area contributed by atoms with Crippen molar-refractivity contribution in [1.82, 2.24) is 20.1 Å². The minimum Gasteiger partial charge on any atom is -0.483 e. The molecule has 2 heterocycles. The summed E-state index contributed by atoms with van der Waals surface area (Å²) in [6.45, 7) is 2.31. The molecule has 198 valence electrons. The van der Waals surface area contributed by atoms with Crippen LogP contribution in [0.5, 0.6) is 5.75 Å². The lowest BCUT2D eigenvalue weighted by Gasteiger charge is -2.13. The summed E-state index contributed by atoms with van der Waals surface area (Å²) in [5.41, 5.74) is 6.40. The number of aliphatic hydroxyl groups excluding tert-OH is 1. The topological polar surface area (TPSA) is 179 Å². The largest absolute Gasteiger partial charge is 0.573 e. The number of nitrogens with one attached hydrogen (secondary N) is 1. The van der Waals surface area contributed by atoms with E-state index in [0.29, 0.717) is 22.3 Å². The Labute approximate surface area is 207 Å². The molecule has 0 bridgehead atoms. The fourth-order valence-corrected chi connectivity index (χ4v) is 3.07. The molecule has 3 aromatic rings. The van der Waals surface area contributed by atoms with E-state index < -0.39 is 30.1 Å². The predicted molar refractivity (Wildman–Crippen MR) is 121 cm³/mol. The Morgan fingerprint density at radius 1 is 1.24 bits per heavy atom. The molecule has 1 amide bonds. The first-order valence-corrected chi connectivity index (χ1v) is 10.3. The minimum absolute atomic E-state index is 0.0718. The van der Waals surface area contributed by atoms with Gasteiger partial charge in [-0.05, 0) is 42.0 Å². The molecule has 0 saturated carbocycles. The van der Waals surface area contributed by atoms with Gasteiger partial charge < -0.3 is 30.7 Å². The van der Waals surface area contributed by atoms with E-state index in [0.717, 1.165) is 18.2 Å². The van der Waals surface area contributed by atoms with Gasteiger partial charge in [-0.15, -0.1) is 13.2 Å². The summed E-state index contributed by atoms with van der Waals surface area (Å²) in [6, 6.07) is 6.40. The minimum atomic E-state index is -4.84. The number of rotatable bonds is 9. The number of hydrogen-bond acceptors (Lipinski definition) is 9. The summed E-state index contributed by atoms with van der Waals surface area (Å²) in [6.07, 6.45) is -3.65. The van der Waals surface area contributed by atoms with Crippen LogP contribution in [-0.2, 0) is 25.7 Å². The molecular weight excluding hydrogens is 503 g/mol. The van der Waals surface area contributed by atoms with Gasteiger partial charge in [0.2, 0.25) is 5.91 Å². The number of alkyl halides is 3. The number of nitrogens with two attached hydrogens (primary N) is 1. The average molecular weight is 525 g/mol. The SMILES string of the molecule is C=CC(=O)NCc1nn(-c2ccc(OC(F)(F)F)cc2)c2nccc(C(O)COC(=O)CN)c12.O=CO. The monoisotopic (exact) mass is 525 g/mol. The fourth-order valence-electron chi connectivity index (χ4n) is 3.07. The highest BCUT2D eigenvalue weighted by atomic mass is 19.4. The highest BCUT2D eigenvalue weighted by Crippen LogP contribution is 2.30. The van der Waals surface area contributed by atoms with Crippen molar-refractivity contribution in [2.75, 3.05) is 13.2 Å². The van der Waals surface area contributed by atoms with E-state index in [2.05, 4.69) is 26.7 Å². The molecule has 1 unspecified atom stereocenters. The quantitative estimate of drug-likeness (QED) is 0.181. The second kappa shape index (κ2) is 13.0. The third-order valence-electron chi connectivity index (χ3n) is 4.53. The molecular formula is C22H22F3N5O7. The third-order valence-corrected chi connectivity index (χ3v) is 4.53. The van der Waals surface area contributed by atoms with Gasteiger partial charge in [-0.2, -0.15) is 5.10 Å². The van der Waals surface area contributed by atoms with Crippen molar-refractivity contribution in [1.29, 1.82) is 0 Å². The van der Waals surface area contributed by atoms with Gasteiger partial charge in [-0.1, -0.05) is 6.58 Å². The van der Waals surface area contributed by atoms with E-state index >= 15 is 0 Å². The second-order valence-electron chi connectivity index (χ2n) is 6.93. The zero-order valence-electron chi connectivity index (χ0n) is 19.0. The van der Waals surface area contributed by atoms with Crippen molar-refractivity contribution < 1.29 is 47.2 Å². The van der Waals surface area contributed by atoms with E-state index in [4.69, 9.17) is 20.4 Å². The number of benzene rings is 1. The standard InChI is InChI=1S/C21H20F3N5O5.CH2O2/c1-2-17(31)27-10-15-19-14(16(30)11-33-18(32)9-25)7-8-26-20(19)29(28-15)12-3-5-13(6-4-12)34-21(22,23)24;2-1-3/h2-8,16,30H,1,9-11,25H2,(H,27,31);1H,(H,2,3). The van der Waals surface area contributed by atoms with Crippen LogP contribution in [0.2, 0.25) is 0 Å². The van der Waals surface area contributed by atoms with Crippen molar-refractivity contribution in [3.05, 3.63) is 60.4 Å². The van der Waals surface area contributed by atoms with E-state index in [-0.39, 0.29) is 31.8 Å². The molecule has 15 heteroatoms. The van der Waals surface area contributed by atoms with Gasteiger partial charge in [-0.3, -0.25) is 14.4 Å². The number of aliphatic hydroxyl groups is 1. The van der Waals surface area contributed by atoms with Gasteiger partial charge in [0.1, 0.15) is 18.5 Å². The molecule has 0 spiro atoms. The molecule has 0 fully saturated rings. The number of esters is 1. The first kappa shape index (κ1) is 28.7. The fraction of sp³-hybridized carbons (Fsp3) is 0.227. The molecule has 0 radical (unpaired) electrons. The molecule has 0 saturated heterocycles. The summed E-state index contributed by atoms with van der Waals surface area (Å²) >= 11 is 0.